The number of nitrogen functional groups attached to an aromatic ring is 1. The second-order valence-corrected chi connectivity index (χ2v) is 8.15. The molecule has 0 unspecified atom stereocenters. The Morgan fingerprint density at radius 1 is 1.12 bits per heavy atom. The van der Waals surface area contributed by atoms with E-state index < -0.39 is 11.9 Å². The molecule has 0 saturated heterocycles. The molecule has 4 heterocycles. The van der Waals surface area contributed by atoms with E-state index in [-0.39, 0.29) is 6.01 Å². The molecule has 2 aromatic carbocycles. The normalized spacial score (nSPS) is 14.3. The number of carbonyl (C=O) groups is 1. The third-order valence-corrected chi connectivity index (χ3v) is 6.00. The van der Waals surface area contributed by atoms with Crippen molar-refractivity contribution in [2.75, 3.05) is 12.3 Å². The summed E-state index contributed by atoms with van der Waals surface area (Å²) in [5.41, 5.74) is 16.9. The van der Waals surface area contributed by atoms with Crippen LogP contribution in [0.4, 0.5) is 6.01 Å². The number of anilines is 1. The van der Waals surface area contributed by atoms with Crippen molar-refractivity contribution in [1.29, 1.82) is 0 Å². The second-order valence-electron chi connectivity index (χ2n) is 8.15. The number of aryl methyl sites for hydroxylation is 1. The van der Waals surface area contributed by atoms with Crippen molar-refractivity contribution >= 4 is 34.1 Å². The summed E-state index contributed by atoms with van der Waals surface area (Å²) in [6.45, 7) is 3.11. The average Bonchev–Trinajstić information content (AvgIpc) is 3.47. The van der Waals surface area contributed by atoms with Gasteiger partial charge in [0, 0.05) is 23.9 Å². The van der Waals surface area contributed by atoms with Crippen molar-refractivity contribution in [3.05, 3.63) is 42.7 Å². The van der Waals surface area contributed by atoms with Crippen LogP contribution in [-0.2, 0) is 11.3 Å². The Morgan fingerprint density at radius 3 is 2.82 bits per heavy atom. The number of imidazole rings is 1. The highest BCUT2D eigenvalue weighted by atomic mass is 16.5. The van der Waals surface area contributed by atoms with Gasteiger partial charge in [-0.15, -0.1) is 0 Å². The molecular weight excluding hydrogens is 422 g/mol. The quantitative estimate of drug-likeness (QED) is 0.435. The van der Waals surface area contributed by atoms with Gasteiger partial charge in [0.25, 0.3) is 6.01 Å². The molecule has 33 heavy (non-hydrogen) atoms. The van der Waals surface area contributed by atoms with Crippen LogP contribution in [-0.4, -0.2) is 36.8 Å². The molecule has 166 valence electrons. The lowest BCUT2D eigenvalue weighted by Crippen LogP contribution is -2.24. The molecule has 0 aliphatic carbocycles. The van der Waals surface area contributed by atoms with E-state index in [1.165, 1.54) is 0 Å². The van der Waals surface area contributed by atoms with Crippen LogP contribution in [0.2, 0.25) is 0 Å². The van der Waals surface area contributed by atoms with Gasteiger partial charge < -0.3 is 25.2 Å². The van der Waals surface area contributed by atoms with Crippen molar-refractivity contribution in [2.45, 2.75) is 25.9 Å². The second kappa shape index (κ2) is 7.09. The summed E-state index contributed by atoms with van der Waals surface area (Å²) in [5.74, 6) is 1.15. The maximum atomic E-state index is 11.5. The average molecular weight is 443 g/mol. The minimum atomic E-state index is -0.536. The van der Waals surface area contributed by atoms with Crippen LogP contribution in [0.3, 0.4) is 0 Å². The smallest absolute Gasteiger partial charge is 0.292 e. The first-order chi connectivity index (χ1) is 16.0. The Bertz CT molecular complexity index is 1540. The van der Waals surface area contributed by atoms with E-state index in [4.69, 9.17) is 25.6 Å². The number of hydrogen-bond acceptors (Lipinski definition) is 7. The molecule has 1 atom stereocenters. The van der Waals surface area contributed by atoms with Crippen molar-refractivity contribution in [2.24, 2.45) is 5.73 Å². The maximum Gasteiger partial charge on any atom is 0.292 e. The number of rotatable bonds is 4. The molecule has 1 aliphatic rings. The van der Waals surface area contributed by atoms with Gasteiger partial charge in [0.15, 0.2) is 5.58 Å². The number of hydrogen-bond donors (Lipinski definition) is 2. The molecule has 1 amide bonds. The van der Waals surface area contributed by atoms with Crippen LogP contribution >= 0.6 is 0 Å². The summed E-state index contributed by atoms with van der Waals surface area (Å²) >= 11 is 0. The van der Waals surface area contributed by atoms with E-state index in [0.29, 0.717) is 17.7 Å². The summed E-state index contributed by atoms with van der Waals surface area (Å²) in [5, 5.41) is 4.31. The molecule has 1 aliphatic heterocycles. The number of oxazole rings is 1. The molecule has 3 aromatic heterocycles. The van der Waals surface area contributed by atoms with E-state index in [9.17, 15) is 4.79 Å². The Hall–Kier alpha value is -4.34. The monoisotopic (exact) mass is 443 g/mol. The zero-order valence-corrected chi connectivity index (χ0v) is 17.9. The zero-order valence-electron chi connectivity index (χ0n) is 17.9. The topological polar surface area (TPSA) is 140 Å². The third kappa shape index (κ3) is 3.10. The van der Waals surface area contributed by atoms with Gasteiger partial charge in [0.05, 0.1) is 18.3 Å². The summed E-state index contributed by atoms with van der Waals surface area (Å²) in [6, 6.07) is 9.35. The first-order valence-electron chi connectivity index (χ1n) is 10.7. The number of ether oxygens (including phenoxy) is 1. The van der Waals surface area contributed by atoms with Gasteiger partial charge >= 0.3 is 0 Å². The maximum absolute atomic E-state index is 11.5. The Labute approximate surface area is 187 Å². The lowest BCUT2D eigenvalue weighted by molar-refractivity contribution is -0.120. The van der Waals surface area contributed by atoms with E-state index in [2.05, 4.69) is 14.6 Å². The Morgan fingerprint density at radius 2 is 1.97 bits per heavy atom. The van der Waals surface area contributed by atoms with Crippen molar-refractivity contribution < 1.29 is 13.9 Å². The van der Waals surface area contributed by atoms with E-state index in [1.807, 2.05) is 30.3 Å². The molecule has 6 rings (SSSR count). The number of benzene rings is 2. The van der Waals surface area contributed by atoms with E-state index >= 15 is 0 Å². The predicted molar refractivity (Wildman–Crippen MR) is 122 cm³/mol. The Kier molecular flexibility index (Phi) is 4.16. The minimum absolute atomic E-state index is 0.139. The van der Waals surface area contributed by atoms with Crippen LogP contribution < -0.4 is 16.2 Å². The summed E-state index contributed by atoms with van der Waals surface area (Å²) < 4.78 is 15.2. The number of carbonyl (C=O) groups excluding carboxylic acids is 1. The largest absolute Gasteiger partial charge is 0.491 e. The SMILES string of the molecule is C[C@@H](C(N)=O)n1cc(-c2cc3c4c(c2)nc(-c2ccc5oc(N)nc5c2)n4CCCO3)cn1. The Balaban J connectivity index is 1.50. The molecule has 5 aromatic rings. The van der Waals surface area contributed by atoms with Gasteiger partial charge in [-0.25, -0.2) is 4.98 Å². The number of primary amides is 1. The fourth-order valence-corrected chi connectivity index (χ4v) is 4.26. The molecule has 0 bridgehead atoms. The number of nitrogens with zero attached hydrogens (tertiary/aromatic N) is 5. The summed E-state index contributed by atoms with van der Waals surface area (Å²) in [4.78, 5) is 20.7. The lowest BCUT2D eigenvalue weighted by atomic mass is 10.1. The fraction of sp³-hybridized carbons (Fsp3) is 0.217. The first kappa shape index (κ1) is 19.4. The number of nitrogens with two attached hydrogens (primary N) is 2. The summed E-state index contributed by atoms with van der Waals surface area (Å²) in [6.07, 6.45) is 4.38. The van der Waals surface area contributed by atoms with Gasteiger partial charge in [-0.1, -0.05) is 0 Å². The van der Waals surface area contributed by atoms with Gasteiger partial charge in [-0.2, -0.15) is 10.1 Å². The molecule has 0 spiro atoms. The molecule has 10 nitrogen and oxygen atoms in total. The van der Waals surface area contributed by atoms with Crippen LogP contribution in [0.15, 0.2) is 47.1 Å². The van der Waals surface area contributed by atoms with Crippen LogP contribution in [0.25, 0.3) is 44.6 Å². The highest BCUT2D eigenvalue weighted by Crippen LogP contribution is 2.38. The number of amides is 1. The van der Waals surface area contributed by atoms with E-state index in [0.717, 1.165) is 52.3 Å². The van der Waals surface area contributed by atoms with Gasteiger partial charge in [-0.3, -0.25) is 9.48 Å². The number of aromatic nitrogens is 5. The van der Waals surface area contributed by atoms with Crippen molar-refractivity contribution in [3.8, 4) is 28.3 Å². The van der Waals surface area contributed by atoms with Crippen LogP contribution in [0.5, 0.6) is 5.75 Å². The van der Waals surface area contributed by atoms with Crippen molar-refractivity contribution in [3.63, 3.8) is 0 Å². The lowest BCUT2D eigenvalue weighted by Gasteiger charge is -2.08. The molecule has 10 heteroatoms. The highest BCUT2D eigenvalue weighted by Gasteiger charge is 2.22. The molecule has 0 fully saturated rings. The molecule has 4 N–H and O–H groups in total. The predicted octanol–water partition coefficient (Wildman–Crippen LogP) is 3.12. The first-order valence-corrected chi connectivity index (χ1v) is 10.7. The van der Waals surface area contributed by atoms with Gasteiger partial charge in [-0.05, 0) is 49.2 Å². The molecule has 0 radical (unpaired) electrons. The van der Waals surface area contributed by atoms with Gasteiger partial charge in [0.1, 0.15) is 28.6 Å². The zero-order chi connectivity index (χ0) is 22.7. The molecule has 0 saturated carbocycles. The van der Waals surface area contributed by atoms with Crippen molar-refractivity contribution in [1.82, 2.24) is 24.3 Å². The minimum Gasteiger partial charge on any atom is -0.491 e. The van der Waals surface area contributed by atoms with Crippen LogP contribution in [0, 0.1) is 0 Å². The molecular formula is C23H21N7O3. The van der Waals surface area contributed by atoms with E-state index in [1.54, 1.807) is 24.0 Å². The highest BCUT2D eigenvalue weighted by molar-refractivity contribution is 5.91. The third-order valence-electron chi connectivity index (χ3n) is 6.00. The van der Waals surface area contributed by atoms with Crippen LogP contribution in [0.1, 0.15) is 19.4 Å². The standard InChI is InChI=1S/C23H21N7O3/c1-12(21(24)31)30-11-15(10-26-30)14-8-17-20-19(9-14)32-6-2-5-29(20)22(27-17)13-3-4-18-16(7-13)28-23(25)33-18/h3-4,7-12H,2,5-6H2,1H3,(H2,24,31)(H2,25,28)/t12-/m0/s1. The summed E-state index contributed by atoms with van der Waals surface area (Å²) in [7, 11) is 0. The van der Waals surface area contributed by atoms with Gasteiger partial charge in [0.2, 0.25) is 5.91 Å². The number of fused-ring (bicyclic) bond motifs is 1. The fourth-order valence-electron chi connectivity index (χ4n) is 4.26.